The number of rotatable bonds is 4. The van der Waals surface area contributed by atoms with Gasteiger partial charge in [-0.15, -0.1) is 0 Å². The van der Waals surface area contributed by atoms with E-state index in [1.54, 1.807) is 23.1 Å². The van der Waals surface area contributed by atoms with Crippen LogP contribution in [-0.2, 0) is 16.0 Å². The van der Waals surface area contributed by atoms with Gasteiger partial charge in [-0.1, -0.05) is 45.6 Å². The fourth-order valence-electron chi connectivity index (χ4n) is 5.76. The molecule has 4 aromatic rings. The standard InChI is InChI=1S/C27H26Cl2N4O3S/c1-15-26(16(2)36-31-15)17-3-4-23-22(11-17)30-27(33(23)20-7-9-37(35)10-8-20)24-5-6-25(34)32(24)21-13-18(28)12-19(29)14-21/h3-4,11-14,20,24H,5-10H2,1-2H3/t20?,24-,37?/m0/s1. The van der Waals surface area contributed by atoms with Crippen molar-refractivity contribution < 1.29 is 13.9 Å². The summed E-state index contributed by atoms with van der Waals surface area (Å²) in [6, 6.07) is 11.3. The number of hydrogen-bond donors (Lipinski definition) is 0. The Morgan fingerprint density at radius 3 is 2.46 bits per heavy atom. The van der Waals surface area contributed by atoms with Crippen LogP contribution < -0.4 is 4.90 Å². The average molecular weight is 558 g/mol. The summed E-state index contributed by atoms with van der Waals surface area (Å²) in [5, 5.41) is 5.07. The number of carbonyl (C=O) groups is 1. The molecule has 2 aliphatic heterocycles. The van der Waals surface area contributed by atoms with E-state index in [1.165, 1.54) is 0 Å². The highest BCUT2D eigenvalue weighted by molar-refractivity contribution is 7.91. The molecule has 0 saturated carbocycles. The van der Waals surface area contributed by atoms with Crippen molar-refractivity contribution in [1.29, 1.82) is 0 Å². The second-order valence-corrected chi connectivity index (χ2v) is 12.3. The lowest BCUT2D eigenvalue weighted by Crippen LogP contribution is -2.31. The first kappa shape index (κ1) is 24.8. The topological polar surface area (TPSA) is 87.2 Å². The van der Waals surface area contributed by atoms with Crippen molar-refractivity contribution in [3.05, 3.63) is 63.7 Å². The molecule has 0 N–H and O–H groups in total. The third-order valence-corrected chi connectivity index (χ3v) is 9.22. The molecule has 2 aromatic heterocycles. The SMILES string of the molecule is Cc1noc(C)c1-c1ccc2c(c1)nc([C@@H]1CCC(=O)N1c1cc(Cl)cc(Cl)c1)n2C1CC[S+]([O-])CC1. The first-order chi connectivity index (χ1) is 17.8. The third kappa shape index (κ3) is 4.44. The molecule has 10 heteroatoms. The number of hydrogen-bond acceptors (Lipinski definition) is 5. The number of carbonyl (C=O) groups excluding carboxylic acids is 1. The highest BCUT2D eigenvalue weighted by Gasteiger charge is 2.39. The summed E-state index contributed by atoms with van der Waals surface area (Å²) in [5.74, 6) is 2.95. The quantitative estimate of drug-likeness (QED) is 0.265. The summed E-state index contributed by atoms with van der Waals surface area (Å²) in [4.78, 5) is 20.1. The normalized spacial score (nSPS) is 22.4. The average Bonchev–Trinajstić information content (AvgIpc) is 3.52. The maximum absolute atomic E-state index is 13.2. The highest BCUT2D eigenvalue weighted by Crippen LogP contribution is 2.42. The van der Waals surface area contributed by atoms with Gasteiger partial charge in [-0.3, -0.25) is 4.79 Å². The largest absolute Gasteiger partial charge is 0.616 e. The molecular formula is C27H26Cl2N4O3S. The first-order valence-electron chi connectivity index (χ1n) is 12.4. The van der Waals surface area contributed by atoms with Gasteiger partial charge in [0.15, 0.2) is 0 Å². The molecule has 192 valence electrons. The van der Waals surface area contributed by atoms with E-state index in [2.05, 4.69) is 27.9 Å². The molecule has 4 heterocycles. The van der Waals surface area contributed by atoms with Gasteiger partial charge < -0.3 is 18.5 Å². The maximum atomic E-state index is 13.2. The van der Waals surface area contributed by atoms with Crippen molar-refractivity contribution in [2.75, 3.05) is 16.4 Å². The van der Waals surface area contributed by atoms with Crippen molar-refractivity contribution in [3.8, 4) is 11.1 Å². The number of aryl methyl sites for hydroxylation is 2. The number of fused-ring (bicyclic) bond motifs is 1. The van der Waals surface area contributed by atoms with E-state index < -0.39 is 11.2 Å². The predicted octanol–water partition coefficient (Wildman–Crippen LogP) is 6.57. The van der Waals surface area contributed by atoms with E-state index in [-0.39, 0.29) is 18.0 Å². The van der Waals surface area contributed by atoms with Gasteiger partial charge in [0.1, 0.15) is 23.1 Å². The van der Waals surface area contributed by atoms with Gasteiger partial charge in [0.2, 0.25) is 5.91 Å². The number of aromatic nitrogens is 3. The molecule has 0 bridgehead atoms. The van der Waals surface area contributed by atoms with Gasteiger partial charge in [0.25, 0.3) is 0 Å². The molecule has 0 spiro atoms. The maximum Gasteiger partial charge on any atom is 0.227 e. The van der Waals surface area contributed by atoms with Gasteiger partial charge in [-0.05, 0) is 56.2 Å². The number of amides is 1. The molecule has 1 atom stereocenters. The predicted molar refractivity (Wildman–Crippen MR) is 147 cm³/mol. The number of anilines is 1. The minimum Gasteiger partial charge on any atom is -0.616 e. The highest BCUT2D eigenvalue weighted by atomic mass is 35.5. The molecule has 2 aromatic carbocycles. The van der Waals surface area contributed by atoms with Gasteiger partial charge in [0.05, 0.1) is 22.8 Å². The Labute approximate surface area is 227 Å². The molecule has 2 fully saturated rings. The second kappa shape index (κ2) is 9.66. The summed E-state index contributed by atoms with van der Waals surface area (Å²) in [6.07, 6.45) is 2.67. The molecule has 1 amide bonds. The third-order valence-electron chi connectivity index (χ3n) is 7.40. The molecule has 0 unspecified atom stereocenters. The zero-order valence-corrected chi connectivity index (χ0v) is 22.9. The Morgan fingerprint density at radius 2 is 1.78 bits per heavy atom. The van der Waals surface area contributed by atoms with Crippen molar-refractivity contribution in [2.45, 2.75) is 51.6 Å². The lowest BCUT2D eigenvalue weighted by atomic mass is 10.0. The fourth-order valence-corrected chi connectivity index (χ4v) is 7.55. The summed E-state index contributed by atoms with van der Waals surface area (Å²) in [6.45, 7) is 3.84. The van der Waals surface area contributed by atoms with Gasteiger partial charge >= 0.3 is 0 Å². The van der Waals surface area contributed by atoms with Crippen molar-refractivity contribution in [1.82, 2.24) is 14.7 Å². The zero-order valence-electron chi connectivity index (χ0n) is 20.5. The Bertz CT molecular complexity index is 1470. The van der Waals surface area contributed by atoms with Gasteiger partial charge in [-0.25, -0.2) is 4.98 Å². The summed E-state index contributed by atoms with van der Waals surface area (Å²) < 4.78 is 19.8. The Morgan fingerprint density at radius 1 is 1.05 bits per heavy atom. The van der Waals surface area contributed by atoms with E-state index in [9.17, 15) is 9.35 Å². The monoisotopic (exact) mass is 556 g/mol. The van der Waals surface area contributed by atoms with E-state index in [0.29, 0.717) is 40.1 Å². The van der Waals surface area contributed by atoms with Crippen LogP contribution in [0.25, 0.3) is 22.2 Å². The van der Waals surface area contributed by atoms with Crippen LogP contribution in [-0.4, -0.2) is 36.7 Å². The van der Waals surface area contributed by atoms with E-state index in [1.807, 2.05) is 13.8 Å². The van der Waals surface area contributed by atoms with Crippen LogP contribution in [0.2, 0.25) is 10.0 Å². The minimum absolute atomic E-state index is 0.0168. The summed E-state index contributed by atoms with van der Waals surface area (Å²) in [7, 11) is 0. The van der Waals surface area contributed by atoms with Crippen LogP contribution in [0.15, 0.2) is 40.9 Å². The molecule has 0 radical (unpaired) electrons. The van der Waals surface area contributed by atoms with E-state index >= 15 is 0 Å². The van der Waals surface area contributed by atoms with Gasteiger partial charge in [-0.2, -0.15) is 0 Å². The molecule has 7 nitrogen and oxygen atoms in total. The molecule has 37 heavy (non-hydrogen) atoms. The number of benzene rings is 2. The van der Waals surface area contributed by atoms with Crippen molar-refractivity contribution in [3.63, 3.8) is 0 Å². The Balaban J connectivity index is 1.51. The first-order valence-corrected chi connectivity index (χ1v) is 14.6. The van der Waals surface area contributed by atoms with Crippen LogP contribution in [0.3, 0.4) is 0 Å². The van der Waals surface area contributed by atoms with E-state index in [0.717, 1.165) is 52.3 Å². The summed E-state index contributed by atoms with van der Waals surface area (Å²) >= 11 is 11.8. The lowest BCUT2D eigenvalue weighted by molar-refractivity contribution is -0.117. The Hall–Kier alpha value is -2.52. The fraction of sp³-hybridized carbons (Fsp3) is 0.370. The van der Waals surface area contributed by atoms with Gasteiger partial charge in [0, 0.05) is 46.6 Å². The molecule has 2 saturated heterocycles. The molecule has 0 aliphatic carbocycles. The van der Waals surface area contributed by atoms with Crippen LogP contribution in [0.5, 0.6) is 0 Å². The van der Waals surface area contributed by atoms with Crippen molar-refractivity contribution in [2.24, 2.45) is 0 Å². The van der Waals surface area contributed by atoms with E-state index in [4.69, 9.17) is 32.7 Å². The molecule has 6 rings (SSSR count). The Kier molecular flexibility index (Phi) is 6.47. The number of halogens is 2. The molecule has 2 aliphatic rings. The number of imidazole rings is 1. The van der Waals surface area contributed by atoms with Crippen molar-refractivity contribution >= 4 is 57.0 Å². The minimum atomic E-state index is -0.787. The van der Waals surface area contributed by atoms with Crippen LogP contribution in [0.1, 0.15) is 55.0 Å². The van der Waals surface area contributed by atoms with Crippen LogP contribution >= 0.6 is 23.2 Å². The second-order valence-electron chi connectivity index (χ2n) is 9.77. The van der Waals surface area contributed by atoms with Crippen LogP contribution in [0, 0.1) is 13.8 Å². The van der Waals surface area contributed by atoms with Crippen LogP contribution in [0.4, 0.5) is 5.69 Å². The lowest BCUT2D eigenvalue weighted by Gasteiger charge is -2.30. The number of nitrogens with zero attached hydrogens (tertiary/aromatic N) is 4. The summed E-state index contributed by atoms with van der Waals surface area (Å²) in [5.41, 5.74) is 5.32. The smallest absolute Gasteiger partial charge is 0.227 e. The zero-order chi connectivity index (χ0) is 25.8. The molecular weight excluding hydrogens is 531 g/mol.